The van der Waals surface area contributed by atoms with Crippen molar-refractivity contribution >= 4 is 15.5 Å². The summed E-state index contributed by atoms with van der Waals surface area (Å²) in [7, 11) is -3.54. The molecule has 2 aliphatic heterocycles. The van der Waals surface area contributed by atoms with Crippen LogP contribution < -0.4 is 10.6 Å². The first kappa shape index (κ1) is 17.3. The van der Waals surface area contributed by atoms with E-state index in [2.05, 4.69) is 6.07 Å². The highest BCUT2D eigenvalue weighted by atomic mass is 32.2. The van der Waals surface area contributed by atoms with Crippen molar-refractivity contribution in [3.8, 4) is 6.07 Å². The number of nitrogens with two attached hydrogens (primary N) is 1. The Morgan fingerprint density at radius 2 is 1.78 bits per heavy atom. The van der Waals surface area contributed by atoms with Gasteiger partial charge in [-0.05, 0) is 29.8 Å². The van der Waals surface area contributed by atoms with E-state index in [1.807, 2.05) is 6.07 Å². The summed E-state index contributed by atoms with van der Waals surface area (Å²) in [5, 5.41) is 9.80. The first-order chi connectivity index (χ1) is 12.9. The molecule has 0 saturated heterocycles. The lowest BCUT2D eigenvalue weighted by Gasteiger charge is -2.35. The molecule has 0 unspecified atom stereocenters. The summed E-state index contributed by atoms with van der Waals surface area (Å²) in [6.45, 7) is 0. The second kappa shape index (κ2) is 6.25. The number of nitrogens with zero attached hydrogens (tertiary/aromatic N) is 2. The van der Waals surface area contributed by atoms with Crippen LogP contribution >= 0.6 is 0 Å². The van der Waals surface area contributed by atoms with Crippen molar-refractivity contribution < 1.29 is 12.8 Å². The minimum Gasteiger partial charge on any atom is -0.384 e. The molecule has 0 fully saturated rings. The Hall–Kier alpha value is -3.11. The molecular weight excluding hydrogens is 365 g/mol. The lowest BCUT2D eigenvalue weighted by atomic mass is 9.87. The van der Waals surface area contributed by atoms with Gasteiger partial charge in [-0.2, -0.15) is 5.26 Å². The van der Waals surface area contributed by atoms with E-state index in [0.29, 0.717) is 16.9 Å². The fourth-order valence-electron chi connectivity index (χ4n) is 3.73. The number of hydrogen-bond acceptors (Lipinski definition) is 5. The Morgan fingerprint density at radius 1 is 1.11 bits per heavy atom. The maximum absolute atomic E-state index is 13.3. The fourth-order valence-corrected chi connectivity index (χ4v) is 5.57. The summed E-state index contributed by atoms with van der Waals surface area (Å²) in [5.41, 5.74) is 8.29. The molecule has 2 N–H and O–H groups in total. The van der Waals surface area contributed by atoms with E-state index >= 15 is 0 Å². The van der Waals surface area contributed by atoms with Crippen LogP contribution in [-0.2, 0) is 9.84 Å². The standard InChI is InChI=1S/C20H16FN3O2S/c21-14-6-8-15(9-7-14)24-17-10-11-27(25,26)19(17)18(16(12-22)20(24)23)13-4-2-1-3-5-13/h1-9,18H,10-11,23H2/t18-/m0/s1. The minimum absolute atomic E-state index is 0.0370. The van der Waals surface area contributed by atoms with Crippen LogP contribution in [0.2, 0.25) is 0 Å². The zero-order chi connectivity index (χ0) is 19.2. The van der Waals surface area contributed by atoms with Gasteiger partial charge in [-0.1, -0.05) is 30.3 Å². The Bertz CT molecular complexity index is 1110. The number of allylic oxidation sites excluding steroid dienone is 3. The van der Waals surface area contributed by atoms with Gasteiger partial charge >= 0.3 is 0 Å². The zero-order valence-corrected chi connectivity index (χ0v) is 15.1. The summed E-state index contributed by atoms with van der Waals surface area (Å²) in [6.07, 6.45) is 0.289. The second-order valence-electron chi connectivity index (χ2n) is 6.45. The van der Waals surface area contributed by atoms with Crippen molar-refractivity contribution in [2.24, 2.45) is 5.73 Å². The number of rotatable bonds is 2. The number of benzene rings is 2. The molecular formula is C20H16FN3O2S. The Kier molecular flexibility index (Phi) is 4.01. The molecule has 0 aliphatic carbocycles. The fraction of sp³-hybridized carbons (Fsp3) is 0.150. The Balaban J connectivity index is 1.99. The summed E-state index contributed by atoms with van der Waals surface area (Å²) < 4.78 is 39.1. The molecule has 7 heteroatoms. The van der Waals surface area contributed by atoms with Crippen LogP contribution in [0.3, 0.4) is 0 Å². The summed E-state index contributed by atoms with van der Waals surface area (Å²) in [6, 6.07) is 16.7. The summed E-state index contributed by atoms with van der Waals surface area (Å²) in [4.78, 5) is 1.78. The maximum atomic E-state index is 13.3. The highest BCUT2D eigenvalue weighted by Crippen LogP contribution is 2.48. The minimum atomic E-state index is -3.54. The molecule has 5 nitrogen and oxygen atoms in total. The second-order valence-corrected chi connectivity index (χ2v) is 8.52. The molecule has 2 aliphatic rings. The summed E-state index contributed by atoms with van der Waals surface area (Å²) >= 11 is 0. The van der Waals surface area contributed by atoms with E-state index in [1.165, 1.54) is 24.3 Å². The van der Waals surface area contributed by atoms with Crippen LogP contribution in [0.4, 0.5) is 10.1 Å². The number of halogens is 1. The van der Waals surface area contributed by atoms with Crippen LogP contribution in [0.25, 0.3) is 0 Å². The number of sulfone groups is 1. The average Bonchev–Trinajstić information content (AvgIpc) is 2.97. The normalized spacial score (nSPS) is 21.2. The van der Waals surface area contributed by atoms with E-state index in [0.717, 1.165) is 0 Å². The first-order valence-electron chi connectivity index (χ1n) is 8.40. The van der Waals surface area contributed by atoms with E-state index in [-0.39, 0.29) is 28.5 Å². The van der Waals surface area contributed by atoms with Crippen molar-refractivity contribution in [1.29, 1.82) is 5.26 Å². The van der Waals surface area contributed by atoms with E-state index in [9.17, 15) is 18.1 Å². The third kappa shape index (κ3) is 2.69. The van der Waals surface area contributed by atoms with Gasteiger partial charge in [-0.25, -0.2) is 12.8 Å². The van der Waals surface area contributed by atoms with Crippen molar-refractivity contribution in [2.75, 3.05) is 10.7 Å². The molecule has 0 aromatic heterocycles. The summed E-state index contributed by atoms with van der Waals surface area (Å²) in [5.74, 6) is -0.997. The van der Waals surface area contributed by atoms with Gasteiger partial charge in [0.05, 0.1) is 28.2 Å². The molecule has 0 amide bonds. The molecule has 1 atom stereocenters. The van der Waals surface area contributed by atoms with Gasteiger partial charge in [-0.15, -0.1) is 0 Å². The van der Waals surface area contributed by atoms with Crippen LogP contribution in [0.5, 0.6) is 0 Å². The highest BCUT2D eigenvalue weighted by molar-refractivity contribution is 7.95. The van der Waals surface area contributed by atoms with Gasteiger partial charge in [0.25, 0.3) is 0 Å². The van der Waals surface area contributed by atoms with Crippen LogP contribution in [0.15, 0.2) is 76.6 Å². The smallest absolute Gasteiger partial charge is 0.177 e. The zero-order valence-electron chi connectivity index (χ0n) is 14.3. The van der Waals surface area contributed by atoms with Gasteiger partial charge < -0.3 is 5.73 Å². The van der Waals surface area contributed by atoms with Crippen LogP contribution in [0, 0.1) is 17.1 Å². The van der Waals surface area contributed by atoms with Crippen LogP contribution in [0.1, 0.15) is 17.9 Å². The van der Waals surface area contributed by atoms with Crippen molar-refractivity contribution in [2.45, 2.75) is 12.3 Å². The first-order valence-corrected chi connectivity index (χ1v) is 10.1. The molecule has 2 heterocycles. The average molecular weight is 381 g/mol. The monoisotopic (exact) mass is 381 g/mol. The third-order valence-electron chi connectivity index (χ3n) is 4.90. The van der Waals surface area contributed by atoms with Gasteiger partial charge in [0, 0.05) is 17.8 Å². The van der Waals surface area contributed by atoms with Crippen LogP contribution in [-0.4, -0.2) is 14.2 Å². The van der Waals surface area contributed by atoms with E-state index < -0.39 is 21.6 Å². The Labute approximate surface area is 156 Å². The molecule has 4 rings (SSSR count). The number of hydrogen-bond donors (Lipinski definition) is 1. The molecule has 2 aromatic rings. The lowest BCUT2D eigenvalue weighted by Crippen LogP contribution is -2.34. The predicted molar refractivity (Wildman–Crippen MR) is 100 cm³/mol. The van der Waals surface area contributed by atoms with Gasteiger partial charge in [0.2, 0.25) is 0 Å². The SMILES string of the molecule is N#CC1=C(N)N(c2ccc(F)cc2)C2=C([C@H]1c1ccccc1)S(=O)(=O)CC2. The van der Waals surface area contributed by atoms with Gasteiger partial charge in [0.15, 0.2) is 9.84 Å². The Morgan fingerprint density at radius 3 is 2.41 bits per heavy atom. The molecule has 0 bridgehead atoms. The molecule has 2 aromatic carbocycles. The predicted octanol–water partition coefficient (Wildman–Crippen LogP) is 3.15. The van der Waals surface area contributed by atoms with Crippen molar-refractivity contribution in [3.05, 3.63) is 88.0 Å². The highest BCUT2D eigenvalue weighted by Gasteiger charge is 2.45. The topological polar surface area (TPSA) is 87.2 Å². The molecule has 136 valence electrons. The van der Waals surface area contributed by atoms with Crippen molar-refractivity contribution in [3.63, 3.8) is 0 Å². The number of anilines is 1. The maximum Gasteiger partial charge on any atom is 0.177 e. The lowest BCUT2D eigenvalue weighted by molar-refractivity contribution is 0.602. The van der Waals surface area contributed by atoms with Gasteiger partial charge in [-0.3, -0.25) is 4.90 Å². The molecule has 0 spiro atoms. The van der Waals surface area contributed by atoms with E-state index in [4.69, 9.17) is 5.73 Å². The third-order valence-corrected chi connectivity index (χ3v) is 6.79. The van der Waals surface area contributed by atoms with Gasteiger partial charge in [0.1, 0.15) is 11.6 Å². The number of nitriles is 1. The molecule has 0 saturated carbocycles. The van der Waals surface area contributed by atoms with Crippen molar-refractivity contribution in [1.82, 2.24) is 0 Å². The molecule has 27 heavy (non-hydrogen) atoms. The quantitative estimate of drug-likeness (QED) is 0.863. The largest absolute Gasteiger partial charge is 0.384 e. The molecule has 0 radical (unpaired) electrons. The van der Waals surface area contributed by atoms with E-state index in [1.54, 1.807) is 29.2 Å².